The van der Waals surface area contributed by atoms with Gasteiger partial charge in [0.1, 0.15) is 0 Å². The number of carboxylic acids is 1. The van der Waals surface area contributed by atoms with Crippen LogP contribution < -0.4 is 5.32 Å². The third-order valence-electron chi connectivity index (χ3n) is 2.55. The molecule has 0 unspecified atom stereocenters. The molecule has 0 radical (unpaired) electrons. The van der Waals surface area contributed by atoms with Crippen LogP contribution >= 0.6 is 0 Å². The zero-order valence-electron chi connectivity index (χ0n) is 11.3. The number of aliphatic carboxylic acids is 1. The lowest BCUT2D eigenvalue weighted by Crippen LogP contribution is -2.44. The van der Waals surface area contributed by atoms with Crippen molar-refractivity contribution in [2.75, 3.05) is 13.1 Å². The Bertz CT molecular complexity index is 277. The molecule has 0 aromatic heterocycles. The average molecular weight is 256 g/mol. The zero-order valence-corrected chi connectivity index (χ0v) is 11.3. The van der Waals surface area contributed by atoms with Crippen LogP contribution in [0.15, 0.2) is 12.7 Å². The summed E-state index contributed by atoms with van der Waals surface area (Å²) >= 11 is 0. The predicted octanol–water partition coefficient (Wildman–Crippen LogP) is 2.24. The van der Waals surface area contributed by atoms with Crippen LogP contribution in [0.2, 0.25) is 0 Å². The Morgan fingerprint density at radius 1 is 1.33 bits per heavy atom. The topological polar surface area (TPSA) is 69.6 Å². The fourth-order valence-corrected chi connectivity index (χ4v) is 1.54. The van der Waals surface area contributed by atoms with Gasteiger partial charge in [-0.15, -0.1) is 6.58 Å². The van der Waals surface area contributed by atoms with Crippen molar-refractivity contribution in [1.82, 2.24) is 10.2 Å². The second-order valence-corrected chi connectivity index (χ2v) is 4.47. The number of amides is 2. The highest BCUT2D eigenvalue weighted by Crippen LogP contribution is 2.01. The number of unbranched alkanes of at least 4 members (excludes halogenated alkanes) is 2. The van der Waals surface area contributed by atoms with Gasteiger partial charge in [0.15, 0.2) is 0 Å². The molecule has 0 aliphatic carbocycles. The molecule has 0 saturated carbocycles. The van der Waals surface area contributed by atoms with E-state index in [2.05, 4.69) is 11.9 Å². The van der Waals surface area contributed by atoms with E-state index in [0.29, 0.717) is 19.5 Å². The van der Waals surface area contributed by atoms with Crippen molar-refractivity contribution in [3.8, 4) is 0 Å². The molecule has 0 bridgehead atoms. The molecule has 0 saturated heterocycles. The molecule has 0 aromatic rings. The molecule has 0 aliphatic rings. The van der Waals surface area contributed by atoms with Crippen LogP contribution in [-0.2, 0) is 4.79 Å². The van der Waals surface area contributed by atoms with Crippen molar-refractivity contribution in [2.45, 2.75) is 45.6 Å². The molecule has 5 nitrogen and oxygen atoms in total. The molecule has 0 atom stereocenters. The Morgan fingerprint density at radius 3 is 2.50 bits per heavy atom. The molecular weight excluding hydrogens is 232 g/mol. The van der Waals surface area contributed by atoms with Crippen LogP contribution in [0.25, 0.3) is 0 Å². The first-order valence-corrected chi connectivity index (χ1v) is 6.36. The van der Waals surface area contributed by atoms with Crippen LogP contribution in [0.4, 0.5) is 4.79 Å². The number of carbonyl (C=O) groups excluding carboxylic acids is 1. The maximum Gasteiger partial charge on any atom is 0.317 e. The number of carboxylic acid groups (broad SMARTS) is 1. The minimum atomic E-state index is -0.768. The molecule has 0 spiro atoms. The summed E-state index contributed by atoms with van der Waals surface area (Å²) in [6, 6.07) is 0.0399. The Balaban J connectivity index is 3.74. The third-order valence-corrected chi connectivity index (χ3v) is 2.55. The highest BCUT2D eigenvalue weighted by atomic mass is 16.4. The van der Waals surface area contributed by atoms with Crippen molar-refractivity contribution in [1.29, 1.82) is 0 Å². The molecule has 0 rings (SSSR count). The van der Waals surface area contributed by atoms with E-state index in [4.69, 9.17) is 5.11 Å². The van der Waals surface area contributed by atoms with Gasteiger partial charge in [0.05, 0.1) is 0 Å². The minimum absolute atomic E-state index is 0.0943. The van der Waals surface area contributed by atoms with E-state index in [0.717, 1.165) is 12.8 Å². The van der Waals surface area contributed by atoms with Gasteiger partial charge in [-0.1, -0.05) is 12.5 Å². The Labute approximate surface area is 109 Å². The van der Waals surface area contributed by atoms with Crippen LogP contribution in [-0.4, -0.2) is 41.1 Å². The zero-order chi connectivity index (χ0) is 14.0. The number of nitrogens with zero attached hydrogens (tertiary/aromatic N) is 1. The van der Waals surface area contributed by atoms with E-state index in [1.807, 2.05) is 13.8 Å². The van der Waals surface area contributed by atoms with Crippen molar-refractivity contribution in [3.05, 3.63) is 12.7 Å². The monoisotopic (exact) mass is 256 g/mol. The van der Waals surface area contributed by atoms with Crippen molar-refractivity contribution in [2.24, 2.45) is 0 Å². The van der Waals surface area contributed by atoms with Crippen molar-refractivity contribution < 1.29 is 14.7 Å². The van der Waals surface area contributed by atoms with E-state index >= 15 is 0 Å². The van der Waals surface area contributed by atoms with Crippen LogP contribution in [0.3, 0.4) is 0 Å². The molecule has 0 fully saturated rings. The van der Waals surface area contributed by atoms with Gasteiger partial charge in [-0.3, -0.25) is 4.79 Å². The molecule has 2 amide bonds. The predicted molar refractivity (Wildman–Crippen MR) is 71.5 cm³/mol. The van der Waals surface area contributed by atoms with Crippen LogP contribution in [0.5, 0.6) is 0 Å². The maximum atomic E-state index is 11.8. The normalized spacial score (nSPS) is 10.2. The molecule has 0 aliphatic heterocycles. The number of hydrogen-bond donors (Lipinski definition) is 2. The first-order valence-electron chi connectivity index (χ1n) is 6.36. The second kappa shape index (κ2) is 9.50. The van der Waals surface area contributed by atoms with Crippen molar-refractivity contribution in [3.63, 3.8) is 0 Å². The van der Waals surface area contributed by atoms with Crippen LogP contribution in [0.1, 0.15) is 39.5 Å². The lowest BCUT2D eigenvalue weighted by Gasteiger charge is -2.25. The molecule has 5 heteroatoms. The second-order valence-electron chi connectivity index (χ2n) is 4.47. The SMILES string of the molecule is C=CCN(C(=O)NCCCCCC(=O)O)C(C)C. The summed E-state index contributed by atoms with van der Waals surface area (Å²) in [6.07, 6.45) is 4.18. The molecule has 18 heavy (non-hydrogen) atoms. The highest BCUT2D eigenvalue weighted by Gasteiger charge is 2.14. The van der Waals surface area contributed by atoms with Gasteiger partial charge in [-0.2, -0.15) is 0 Å². The van der Waals surface area contributed by atoms with Crippen LogP contribution in [0, 0.1) is 0 Å². The van der Waals surface area contributed by atoms with Gasteiger partial charge in [0, 0.05) is 25.6 Å². The number of urea groups is 1. The van der Waals surface area contributed by atoms with E-state index in [1.54, 1.807) is 11.0 Å². The molecule has 0 aromatic carbocycles. The fourth-order valence-electron chi connectivity index (χ4n) is 1.54. The molecule has 0 heterocycles. The number of carbonyl (C=O) groups is 2. The molecular formula is C13H24N2O3. The summed E-state index contributed by atoms with van der Waals surface area (Å²) in [5.74, 6) is -0.768. The third kappa shape index (κ3) is 7.70. The lowest BCUT2D eigenvalue weighted by atomic mass is 10.2. The summed E-state index contributed by atoms with van der Waals surface area (Å²) in [4.78, 5) is 23.8. The van der Waals surface area contributed by atoms with Gasteiger partial charge in [0.2, 0.25) is 0 Å². The average Bonchev–Trinajstić information content (AvgIpc) is 2.29. The highest BCUT2D eigenvalue weighted by molar-refractivity contribution is 5.74. The smallest absolute Gasteiger partial charge is 0.317 e. The first kappa shape index (κ1) is 16.5. The van der Waals surface area contributed by atoms with E-state index in [-0.39, 0.29) is 18.5 Å². The minimum Gasteiger partial charge on any atom is -0.481 e. The van der Waals surface area contributed by atoms with E-state index < -0.39 is 5.97 Å². The lowest BCUT2D eigenvalue weighted by molar-refractivity contribution is -0.137. The van der Waals surface area contributed by atoms with Crippen molar-refractivity contribution >= 4 is 12.0 Å². The first-order chi connectivity index (χ1) is 8.49. The van der Waals surface area contributed by atoms with Gasteiger partial charge in [0.25, 0.3) is 0 Å². The Morgan fingerprint density at radius 2 is 2.00 bits per heavy atom. The summed E-state index contributed by atoms with van der Waals surface area (Å²) in [5, 5.41) is 11.3. The van der Waals surface area contributed by atoms with Gasteiger partial charge < -0.3 is 15.3 Å². The largest absolute Gasteiger partial charge is 0.481 e. The molecule has 104 valence electrons. The van der Waals surface area contributed by atoms with Gasteiger partial charge >= 0.3 is 12.0 Å². The van der Waals surface area contributed by atoms with Gasteiger partial charge in [-0.25, -0.2) is 4.79 Å². The number of rotatable bonds is 9. The standard InChI is InChI=1S/C13H24N2O3/c1-4-10-15(11(2)3)13(18)14-9-7-5-6-8-12(16)17/h4,11H,1,5-10H2,2-3H3,(H,14,18)(H,16,17). The quantitative estimate of drug-likeness (QED) is 0.491. The number of hydrogen-bond acceptors (Lipinski definition) is 2. The fraction of sp³-hybridized carbons (Fsp3) is 0.692. The summed E-state index contributed by atoms with van der Waals surface area (Å²) in [6.45, 7) is 8.65. The summed E-state index contributed by atoms with van der Waals surface area (Å²) < 4.78 is 0. The Hall–Kier alpha value is -1.52. The summed E-state index contributed by atoms with van der Waals surface area (Å²) in [7, 11) is 0. The summed E-state index contributed by atoms with van der Waals surface area (Å²) in [5.41, 5.74) is 0. The van der Waals surface area contributed by atoms with E-state index in [1.165, 1.54) is 0 Å². The van der Waals surface area contributed by atoms with Gasteiger partial charge in [-0.05, 0) is 26.7 Å². The number of nitrogens with one attached hydrogen (secondary N) is 1. The Kier molecular flexibility index (Phi) is 8.70. The maximum absolute atomic E-state index is 11.8. The molecule has 2 N–H and O–H groups in total. The van der Waals surface area contributed by atoms with E-state index in [9.17, 15) is 9.59 Å².